The summed E-state index contributed by atoms with van der Waals surface area (Å²) in [7, 11) is -5.95. The summed E-state index contributed by atoms with van der Waals surface area (Å²) in [5, 5.41) is 1.26. The number of rotatable bonds is 5. The molecule has 0 spiro atoms. The number of carbonyl (C=O) groups excluding carboxylic acids is 2. The van der Waals surface area contributed by atoms with Gasteiger partial charge >= 0.3 is 11.9 Å². The second-order valence-electron chi connectivity index (χ2n) is 7.31. The molecule has 0 radical (unpaired) electrons. The maximum atomic E-state index is 14.3. The summed E-state index contributed by atoms with van der Waals surface area (Å²) in [6, 6.07) is 15.3. The van der Waals surface area contributed by atoms with Crippen molar-refractivity contribution in [1.29, 1.82) is 0 Å². The van der Waals surface area contributed by atoms with Gasteiger partial charge in [0.15, 0.2) is 11.6 Å². The zero-order chi connectivity index (χ0) is 27.1. The van der Waals surface area contributed by atoms with Crippen molar-refractivity contribution in [3.8, 4) is 11.5 Å². The van der Waals surface area contributed by atoms with Crippen molar-refractivity contribution >= 4 is 55.4 Å². The van der Waals surface area contributed by atoms with E-state index in [0.717, 1.165) is 11.5 Å². The van der Waals surface area contributed by atoms with Crippen molar-refractivity contribution in [2.45, 2.75) is 4.90 Å². The molecule has 0 heterocycles. The minimum Gasteiger partial charge on any atom is -0.744 e. The summed E-state index contributed by atoms with van der Waals surface area (Å²) < 4.78 is 100.0. The van der Waals surface area contributed by atoms with E-state index in [4.69, 9.17) is 4.74 Å². The van der Waals surface area contributed by atoms with Gasteiger partial charge in [-0.15, -0.1) is 0 Å². The third-order valence-electron chi connectivity index (χ3n) is 5.00. The Morgan fingerprint density at radius 3 is 2.00 bits per heavy atom. The normalized spacial score (nSPS) is 11.4. The van der Waals surface area contributed by atoms with Gasteiger partial charge in [0.05, 0.1) is 5.56 Å². The molecule has 0 unspecified atom stereocenters. The highest BCUT2D eigenvalue weighted by Crippen LogP contribution is 2.34. The molecule has 0 saturated heterocycles. The number of hydrogen-bond donors (Lipinski definition) is 0. The second-order valence-corrected chi connectivity index (χ2v) is 9.88. The van der Waals surface area contributed by atoms with E-state index in [1.54, 1.807) is 36.4 Å². The molecule has 0 saturated carbocycles. The number of hydrogen-bond acceptors (Lipinski definition) is 7. The Labute approximate surface area is 219 Å². The number of esters is 2. The van der Waals surface area contributed by atoms with Gasteiger partial charge in [-0.3, -0.25) is 0 Å². The fraction of sp³-hybridized carbons (Fsp3) is 0. The maximum Gasteiger partial charge on any atom is 0.347 e. The Kier molecular flexibility index (Phi) is 7.21. The van der Waals surface area contributed by atoms with Gasteiger partial charge in [-0.1, -0.05) is 36.4 Å². The zero-order valence-corrected chi connectivity index (χ0v) is 20.9. The molecular formula is C24H10F4IO7S-. The van der Waals surface area contributed by atoms with Gasteiger partial charge in [-0.25, -0.2) is 26.8 Å². The number of benzene rings is 4. The standard InChI is InChI=1S/C24H11F4IO7S/c25-17-19(27)22(37(32,33)34)20(28)18(26)21(17)36-24(31)15-9-8-12(29)10-16(15)35-23(30)14-7-3-5-11-4-1-2-6-13(11)14/h1-10H,(H,32,33,34)/p-1. The number of halogens is 5. The summed E-state index contributed by atoms with van der Waals surface area (Å²) in [6.07, 6.45) is 0. The molecule has 0 N–H and O–H groups in total. The van der Waals surface area contributed by atoms with Gasteiger partial charge in [0.2, 0.25) is 17.4 Å². The van der Waals surface area contributed by atoms with Crippen LogP contribution in [0.5, 0.6) is 11.5 Å². The predicted octanol–water partition coefficient (Wildman–Crippen LogP) is 5.34. The first kappa shape index (κ1) is 26.5. The van der Waals surface area contributed by atoms with E-state index >= 15 is 0 Å². The van der Waals surface area contributed by atoms with Crippen LogP contribution >= 0.6 is 22.6 Å². The van der Waals surface area contributed by atoms with Gasteiger partial charge < -0.3 is 14.0 Å². The molecule has 4 aromatic carbocycles. The molecule has 0 aliphatic rings. The molecular weight excluding hydrogens is 635 g/mol. The van der Waals surface area contributed by atoms with Crippen LogP contribution in [0.15, 0.2) is 65.6 Å². The summed E-state index contributed by atoms with van der Waals surface area (Å²) in [5.41, 5.74) is -0.430. The zero-order valence-electron chi connectivity index (χ0n) is 17.9. The highest BCUT2D eigenvalue weighted by atomic mass is 127. The van der Waals surface area contributed by atoms with Gasteiger partial charge in [0.1, 0.15) is 26.3 Å². The van der Waals surface area contributed by atoms with Gasteiger partial charge in [-0.2, -0.15) is 8.78 Å². The van der Waals surface area contributed by atoms with Crippen LogP contribution in [0.25, 0.3) is 10.8 Å². The van der Waals surface area contributed by atoms with Crippen molar-refractivity contribution in [2.24, 2.45) is 0 Å². The van der Waals surface area contributed by atoms with E-state index < -0.39 is 67.3 Å². The molecule has 37 heavy (non-hydrogen) atoms. The van der Waals surface area contributed by atoms with Crippen molar-refractivity contribution in [3.63, 3.8) is 0 Å². The van der Waals surface area contributed by atoms with E-state index in [-0.39, 0.29) is 5.56 Å². The number of ether oxygens (including phenoxy) is 2. The quantitative estimate of drug-likeness (QED) is 0.0720. The molecule has 0 amide bonds. The Balaban J connectivity index is 1.72. The largest absolute Gasteiger partial charge is 0.744 e. The third kappa shape index (κ3) is 5.14. The molecule has 0 aliphatic carbocycles. The lowest BCUT2D eigenvalue weighted by molar-refractivity contribution is 0.0696. The van der Waals surface area contributed by atoms with Crippen LogP contribution in [-0.4, -0.2) is 24.9 Å². The van der Waals surface area contributed by atoms with Crippen molar-refractivity contribution in [1.82, 2.24) is 0 Å². The molecule has 0 aliphatic heterocycles. The Bertz CT molecular complexity index is 1670. The molecule has 4 rings (SSSR count). The average molecular weight is 645 g/mol. The van der Waals surface area contributed by atoms with Gasteiger partial charge in [-0.05, 0) is 57.6 Å². The van der Waals surface area contributed by atoms with Crippen LogP contribution in [0.3, 0.4) is 0 Å². The van der Waals surface area contributed by atoms with Crippen LogP contribution in [0.1, 0.15) is 20.7 Å². The fourth-order valence-corrected chi connectivity index (χ4v) is 4.44. The lowest BCUT2D eigenvalue weighted by Gasteiger charge is -2.15. The third-order valence-corrected chi connectivity index (χ3v) is 6.53. The van der Waals surface area contributed by atoms with E-state index in [0.29, 0.717) is 8.96 Å². The maximum absolute atomic E-state index is 14.3. The Hall–Kier alpha value is -3.56. The second kappa shape index (κ2) is 10.1. The minimum absolute atomic E-state index is 0.131. The Morgan fingerprint density at radius 2 is 1.35 bits per heavy atom. The molecule has 0 atom stereocenters. The van der Waals surface area contributed by atoms with E-state index in [1.165, 1.54) is 18.2 Å². The predicted molar refractivity (Wildman–Crippen MR) is 127 cm³/mol. The highest BCUT2D eigenvalue weighted by molar-refractivity contribution is 14.1. The van der Waals surface area contributed by atoms with Crippen LogP contribution in [0.4, 0.5) is 17.6 Å². The van der Waals surface area contributed by atoms with Gasteiger partial charge in [0, 0.05) is 3.57 Å². The van der Waals surface area contributed by atoms with Crippen LogP contribution in [0, 0.1) is 26.8 Å². The summed E-state index contributed by atoms with van der Waals surface area (Å²) in [5.74, 6) is -14.8. The molecule has 0 fully saturated rings. The summed E-state index contributed by atoms with van der Waals surface area (Å²) in [4.78, 5) is 23.2. The molecule has 4 aromatic rings. The number of carbonyl (C=O) groups is 2. The SMILES string of the molecule is O=C(Oc1c(F)c(F)c(S(=O)(=O)[O-])c(F)c1F)c1ccc(I)cc1OC(=O)c1cccc2ccccc12. The number of fused-ring (bicyclic) bond motifs is 1. The lowest BCUT2D eigenvalue weighted by atomic mass is 10.0. The highest BCUT2D eigenvalue weighted by Gasteiger charge is 2.32. The first-order valence-electron chi connectivity index (χ1n) is 9.93. The van der Waals surface area contributed by atoms with E-state index in [9.17, 15) is 40.1 Å². The van der Waals surface area contributed by atoms with Crippen LogP contribution in [-0.2, 0) is 10.1 Å². The molecule has 0 aromatic heterocycles. The molecule has 190 valence electrons. The summed E-state index contributed by atoms with van der Waals surface area (Å²) >= 11 is 1.83. The van der Waals surface area contributed by atoms with Crippen molar-refractivity contribution in [3.05, 3.63) is 98.6 Å². The average Bonchev–Trinajstić information content (AvgIpc) is 2.84. The van der Waals surface area contributed by atoms with E-state index in [2.05, 4.69) is 4.74 Å². The molecule has 13 heteroatoms. The van der Waals surface area contributed by atoms with Crippen molar-refractivity contribution in [2.75, 3.05) is 0 Å². The van der Waals surface area contributed by atoms with Crippen molar-refractivity contribution < 1.29 is 49.6 Å². The smallest absolute Gasteiger partial charge is 0.347 e. The molecule has 0 bridgehead atoms. The first-order chi connectivity index (χ1) is 17.4. The Morgan fingerprint density at radius 1 is 0.757 bits per heavy atom. The van der Waals surface area contributed by atoms with Gasteiger partial charge in [0.25, 0.3) is 0 Å². The minimum atomic E-state index is -5.95. The molecule has 7 nitrogen and oxygen atoms in total. The van der Waals surface area contributed by atoms with E-state index in [1.807, 2.05) is 22.6 Å². The lowest BCUT2D eigenvalue weighted by Crippen LogP contribution is -2.18. The monoisotopic (exact) mass is 645 g/mol. The first-order valence-corrected chi connectivity index (χ1v) is 12.4. The van der Waals surface area contributed by atoms with Crippen LogP contribution < -0.4 is 9.47 Å². The topological polar surface area (TPSA) is 110 Å². The van der Waals surface area contributed by atoms with Crippen LogP contribution in [0.2, 0.25) is 0 Å². The summed E-state index contributed by atoms with van der Waals surface area (Å²) in [6.45, 7) is 0. The fourth-order valence-electron chi connectivity index (χ4n) is 3.36.